The number of H-pyrrole nitrogens is 1. The lowest BCUT2D eigenvalue weighted by atomic mass is 10.2. The molecule has 0 radical (unpaired) electrons. The predicted molar refractivity (Wildman–Crippen MR) is 76.0 cm³/mol. The van der Waals surface area contributed by atoms with Crippen LogP contribution in [0.1, 0.15) is 11.3 Å². The largest absolute Gasteiger partial charge is 0.471 e. The van der Waals surface area contributed by atoms with E-state index < -0.39 is 12.1 Å². The van der Waals surface area contributed by atoms with E-state index in [1.54, 1.807) is 4.57 Å². The van der Waals surface area contributed by atoms with Gasteiger partial charge in [-0.05, 0) is 0 Å². The average molecular weight is 341 g/mol. The van der Waals surface area contributed by atoms with Crippen LogP contribution in [-0.2, 0) is 17.8 Å². The fraction of sp³-hybridized carbons (Fsp3) is 0.385. The molecular formula is C13H10F3N5OS. The highest BCUT2D eigenvalue weighted by atomic mass is 32.1. The molecule has 1 aliphatic rings. The summed E-state index contributed by atoms with van der Waals surface area (Å²) >= 11 is 5.16. The van der Waals surface area contributed by atoms with Gasteiger partial charge >= 0.3 is 12.1 Å². The van der Waals surface area contributed by atoms with Crippen molar-refractivity contribution in [3.63, 3.8) is 0 Å². The summed E-state index contributed by atoms with van der Waals surface area (Å²) in [5.74, 6) is -1.87. The van der Waals surface area contributed by atoms with Crippen molar-refractivity contribution in [1.29, 1.82) is 5.26 Å². The molecule has 3 rings (SSSR count). The summed E-state index contributed by atoms with van der Waals surface area (Å²) in [5.41, 5.74) is 1.93. The van der Waals surface area contributed by atoms with Crippen molar-refractivity contribution in [2.24, 2.45) is 0 Å². The van der Waals surface area contributed by atoms with Gasteiger partial charge in [-0.1, -0.05) is 12.2 Å². The van der Waals surface area contributed by atoms with Crippen LogP contribution in [-0.4, -0.2) is 44.6 Å². The number of alkyl halides is 3. The van der Waals surface area contributed by atoms with Gasteiger partial charge in [0, 0.05) is 31.7 Å². The zero-order valence-corrected chi connectivity index (χ0v) is 12.5. The third kappa shape index (κ3) is 2.46. The minimum Gasteiger partial charge on any atom is -0.343 e. The Morgan fingerprint density at radius 1 is 1.39 bits per heavy atom. The van der Waals surface area contributed by atoms with Crippen LogP contribution < -0.4 is 0 Å². The second kappa shape index (κ2) is 5.34. The Hall–Kier alpha value is -2.41. The fourth-order valence-corrected chi connectivity index (χ4v) is 3.09. The first-order valence-electron chi connectivity index (χ1n) is 6.69. The molecule has 0 atom stereocenters. The zero-order valence-electron chi connectivity index (χ0n) is 11.6. The van der Waals surface area contributed by atoms with Crippen molar-refractivity contribution >= 4 is 29.2 Å². The smallest absolute Gasteiger partial charge is 0.343 e. The Labute approximate surface area is 133 Å². The van der Waals surface area contributed by atoms with E-state index in [1.165, 1.54) is 6.33 Å². The van der Waals surface area contributed by atoms with Crippen LogP contribution >= 0.6 is 12.2 Å². The standard InChI is InChI=1S/C13H10F3N5OS/c14-13(15,16)12(22)20-2-1-8-7(5-17)9-10(21(8)4-3-20)11(23)19-6-18-9/h6H,1-4H2,(H,18,19,23). The van der Waals surface area contributed by atoms with Crippen LogP contribution in [0.3, 0.4) is 0 Å². The molecule has 0 saturated carbocycles. The number of carbonyl (C=O) groups is 1. The van der Waals surface area contributed by atoms with Crippen molar-refractivity contribution in [3.8, 4) is 6.07 Å². The molecule has 0 aromatic carbocycles. The van der Waals surface area contributed by atoms with Crippen LogP contribution in [0.2, 0.25) is 0 Å². The first-order chi connectivity index (χ1) is 10.8. The number of carbonyl (C=O) groups excluding carboxylic acids is 1. The number of nitrogens with one attached hydrogen (secondary N) is 1. The second-order valence-electron chi connectivity index (χ2n) is 5.06. The topological polar surface area (TPSA) is 77.7 Å². The maximum atomic E-state index is 12.6. The Kier molecular flexibility index (Phi) is 3.60. The molecule has 3 heterocycles. The van der Waals surface area contributed by atoms with Crippen LogP contribution in [0.15, 0.2) is 6.33 Å². The minimum atomic E-state index is -4.91. The number of hydrogen-bond donors (Lipinski definition) is 1. The molecule has 1 N–H and O–H groups in total. The van der Waals surface area contributed by atoms with Crippen LogP contribution in [0.25, 0.3) is 11.0 Å². The maximum absolute atomic E-state index is 12.6. The highest BCUT2D eigenvalue weighted by Crippen LogP contribution is 2.27. The quantitative estimate of drug-likeness (QED) is 0.743. The molecule has 1 aliphatic heterocycles. The van der Waals surface area contributed by atoms with Gasteiger partial charge in [-0.15, -0.1) is 0 Å². The van der Waals surface area contributed by atoms with E-state index in [0.717, 1.165) is 4.90 Å². The Morgan fingerprint density at radius 3 is 2.78 bits per heavy atom. The normalized spacial score (nSPS) is 15.1. The van der Waals surface area contributed by atoms with Crippen LogP contribution in [0.4, 0.5) is 13.2 Å². The van der Waals surface area contributed by atoms with Crippen LogP contribution in [0.5, 0.6) is 0 Å². The molecule has 10 heteroatoms. The number of nitriles is 1. The van der Waals surface area contributed by atoms with Crippen molar-refractivity contribution in [2.75, 3.05) is 13.1 Å². The summed E-state index contributed by atoms with van der Waals surface area (Å²) in [6.07, 6.45) is -3.38. The summed E-state index contributed by atoms with van der Waals surface area (Å²) in [7, 11) is 0. The maximum Gasteiger partial charge on any atom is 0.471 e. The number of aromatic nitrogens is 3. The van der Waals surface area contributed by atoms with Gasteiger partial charge in [0.05, 0.1) is 17.4 Å². The lowest BCUT2D eigenvalue weighted by Gasteiger charge is -2.21. The predicted octanol–water partition coefficient (Wildman–Crippen LogP) is 1.91. The molecule has 0 bridgehead atoms. The van der Waals surface area contributed by atoms with E-state index in [1.807, 2.05) is 0 Å². The van der Waals surface area contributed by atoms with Gasteiger partial charge < -0.3 is 14.5 Å². The highest BCUT2D eigenvalue weighted by Gasteiger charge is 2.42. The van der Waals surface area contributed by atoms with E-state index in [-0.39, 0.29) is 30.7 Å². The Bertz CT molecular complexity index is 892. The SMILES string of the molecule is N#Cc1c2n(c3c(=S)nc[nH]c13)CCN(C(=O)C(F)(F)F)CC2. The van der Waals surface area contributed by atoms with Gasteiger partial charge in [0.2, 0.25) is 0 Å². The van der Waals surface area contributed by atoms with Crippen LogP contribution in [0, 0.1) is 16.0 Å². The molecule has 23 heavy (non-hydrogen) atoms. The van der Waals surface area contributed by atoms with Crippen molar-refractivity contribution in [3.05, 3.63) is 22.2 Å². The van der Waals surface area contributed by atoms with E-state index in [2.05, 4.69) is 16.0 Å². The molecule has 2 aromatic rings. The van der Waals surface area contributed by atoms with Gasteiger partial charge in [-0.2, -0.15) is 18.4 Å². The lowest BCUT2D eigenvalue weighted by Crippen LogP contribution is -2.42. The number of hydrogen-bond acceptors (Lipinski definition) is 4. The Morgan fingerprint density at radius 2 is 2.13 bits per heavy atom. The van der Waals surface area contributed by atoms with Gasteiger partial charge in [0.15, 0.2) is 4.64 Å². The Balaban J connectivity index is 2.07. The van der Waals surface area contributed by atoms with E-state index in [9.17, 15) is 23.2 Å². The summed E-state index contributed by atoms with van der Waals surface area (Å²) in [4.78, 5) is 19.0. The summed E-state index contributed by atoms with van der Waals surface area (Å²) in [6, 6.07) is 2.06. The number of aromatic amines is 1. The van der Waals surface area contributed by atoms with Crippen molar-refractivity contribution in [2.45, 2.75) is 19.1 Å². The molecule has 2 aromatic heterocycles. The van der Waals surface area contributed by atoms with Gasteiger partial charge in [0.25, 0.3) is 0 Å². The summed E-state index contributed by atoms with van der Waals surface area (Å²) in [5, 5.41) is 9.37. The van der Waals surface area contributed by atoms with E-state index in [4.69, 9.17) is 12.2 Å². The third-order valence-electron chi connectivity index (χ3n) is 3.82. The zero-order chi connectivity index (χ0) is 16.8. The number of fused-ring (bicyclic) bond motifs is 3. The molecule has 0 spiro atoms. The molecule has 0 unspecified atom stereocenters. The molecule has 1 amide bonds. The third-order valence-corrected chi connectivity index (χ3v) is 4.12. The fourth-order valence-electron chi connectivity index (χ4n) is 2.83. The number of amides is 1. The highest BCUT2D eigenvalue weighted by molar-refractivity contribution is 7.71. The first-order valence-corrected chi connectivity index (χ1v) is 7.10. The molecule has 0 aliphatic carbocycles. The second-order valence-corrected chi connectivity index (χ2v) is 5.44. The number of rotatable bonds is 0. The van der Waals surface area contributed by atoms with Gasteiger partial charge in [-0.25, -0.2) is 4.98 Å². The minimum absolute atomic E-state index is 0.107. The molecule has 120 valence electrons. The number of nitrogens with zero attached hydrogens (tertiary/aromatic N) is 4. The lowest BCUT2D eigenvalue weighted by molar-refractivity contribution is -0.185. The molecular weight excluding hydrogens is 331 g/mol. The average Bonchev–Trinajstić information content (AvgIpc) is 2.64. The van der Waals surface area contributed by atoms with Gasteiger partial charge in [0.1, 0.15) is 11.6 Å². The van der Waals surface area contributed by atoms with E-state index >= 15 is 0 Å². The van der Waals surface area contributed by atoms with E-state index in [0.29, 0.717) is 22.3 Å². The molecule has 0 fully saturated rings. The molecule has 0 saturated heterocycles. The van der Waals surface area contributed by atoms with Crippen molar-refractivity contribution < 1.29 is 18.0 Å². The summed E-state index contributed by atoms with van der Waals surface area (Å²) < 4.78 is 39.8. The summed E-state index contributed by atoms with van der Waals surface area (Å²) in [6.45, 7) is -0.0916. The molecule has 6 nitrogen and oxygen atoms in total. The van der Waals surface area contributed by atoms with Crippen molar-refractivity contribution in [1.82, 2.24) is 19.4 Å². The monoisotopic (exact) mass is 341 g/mol. The first kappa shape index (κ1) is 15.5. The van der Waals surface area contributed by atoms with Gasteiger partial charge in [-0.3, -0.25) is 4.79 Å². The number of halogens is 3.